The van der Waals surface area contributed by atoms with E-state index >= 15 is 0 Å². The highest BCUT2D eigenvalue weighted by molar-refractivity contribution is 4.83. The third kappa shape index (κ3) is 4.49. The Morgan fingerprint density at radius 2 is 2.13 bits per heavy atom. The molecule has 0 heterocycles. The van der Waals surface area contributed by atoms with Crippen molar-refractivity contribution < 1.29 is 15.6 Å². The summed E-state index contributed by atoms with van der Waals surface area (Å²) < 4.78 is 5.75. The van der Waals surface area contributed by atoms with Gasteiger partial charge in [-0.1, -0.05) is 20.8 Å². The van der Waals surface area contributed by atoms with Crippen LogP contribution in [0.4, 0.5) is 0 Å². The second kappa shape index (κ2) is 5.28. The standard InChI is InChI=1S/C12H25NO2/c1-9-4-11(6-12(2,3)5-9)15-8-10(14)7-13/h9-11,14H,4-8,13H2,1-3H3/p+1/t9-,10+,11-/m0/s1. The molecule has 1 aliphatic carbocycles. The van der Waals surface area contributed by atoms with Crippen molar-refractivity contribution in [2.75, 3.05) is 13.2 Å². The predicted molar refractivity (Wildman–Crippen MR) is 60.3 cm³/mol. The van der Waals surface area contributed by atoms with Gasteiger partial charge in [0, 0.05) is 0 Å². The molecule has 0 spiro atoms. The number of ether oxygens (including phenoxy) is 1. The van der Waals surface area contributed by atoms with Crippen LogP contribution in [-0.4, -0.2) is 30.5 Å². The monoisotopic (exact) mass is 216 g/mol. The molecule has 0 aromatic rings. The van der Waals surface area contributed by atoms with E-state index in [4.69, 9.17) is 4.74 Å². The highest BCUT2D eigenvalue weighted by Gasteiger charge is 2.32. The summed E-state index contributed by atoms with van der Waals surface area (Å²) in [7, 11) is 0. The topological polar surface area (TPSA) is 57.1 Å². The minimum atomic E-state index is -0.398. The molecule has 1 aliphatic rings. The summed E-state index contributed by atoms with van der Waals surface area (Å²) in [5.41, 5.74) is 4.05. The number of aliphatic hydroxyl groups excluding tert-OH is 1. The second-order valence-corrected chi connectivity index (χ2v) is 5.81. The van der Waals surface area contributed by atoms with Gasteiger partial charge in [-0.25, -0.2) is 0 Å². The lowest BCUT2D eigenvalue weighted by Gasteiger charge is -2.38. The van der Waals surface area contributed by atoms with Crippen LogP contribution in [0.1, 0.15) is 40.0 Å². The van der Waals surface area contributed by atoms with Crippen molar-refractivity contribution in [1.82, 2.24) is 0 Å². The van der Waals surface area contributed by atoms with Gasteiger partial charge in [0.05, 0.1) is 12.7 Å². The lowest BCUT2D eigenvalue weighted by Crippen LogP contribution is -2.56. The quantitative estimate of drug-likeness (QED) is 0.731. The minimum absolute atomic E-state index is 0.324. The van der Waals surface area contributed by atoms with E-state index in [0.717, 1.165) is 18.8 Å². The molecule has 0 saturated heterocycles. The molecular formula is C12H26NO2+. The first-order chi connectivity index (χ1) is 6.93. The Labute approximate surface area is 93.0 Å². The summed E-state index contributed by atoms with van der Waals surface area (Å²) in [4.78, 5) is 0. The van der Waals surface area contributed by atoms with Crippen LogP contribution in [0.5, 0.6) is 0 Å². The summed E-state index contributed by atoms with van der Waals surface area (Å²) in [5, 5.41) is 9.40. The Kier molecular flexibility index (Phi) is 4.56. The molecular weight excluding hydrogens is 190 g/mol. The highest BCUT2D eigenvalue weighted by Crippen LogP contribution is 2.39. The number of quaternary nitrogens is 1. The van der Waals surface area contributed by atoms with Gasteiger partial charge in [-0.15, -0.1) is 0 Å². The first-order valence-corrected chi connectivity index (χ1v) is 6.02. The van der Waals surface area contributed by atoms with E-state index in [2.05, 4.69) is 26.5 Å². The van der Waals surface area contributed by atoms with E-state index in [1.807, 2.05) is 0 Å². The molecule has 1 fully saturated rings. The third-order valence-electron chi connectivity index (χ3n) is 3.20. The maximum absolute atomic E-state index is 9.40. The number of rotatable bonds is 4. The van der Waals surface area contributed by atoms with E-state index in [0.29, 0.717) is 24.7 Å². The number of aliphatic hydroxyl groups is 1. The normalized spacial score (nSPS) is 32.6. The van der Waals surface area contributed by atoms with E-state index in [1.165, 1.54) is 6.42 Å². The van der Waals surface area contributed by atoms with Gasteiger partial charge in [0.15, 0.2) is 0 Å². The molecule has 1 rings (SSSR count). The Morgan fingerprint density at radius 1 is 1.47 bits per heavy atom. The second-order valence-electron chi connectivity index (χ2n) is 5.81. The molecule has 0 amide bonds. The Hall–Kier alpha value is -0.120. The molecule has 0 radical (unpaired) electrons. The van der Waals surface area contributed by atoms with Gasteiger partial charge in [0.25, 0.3) is 0 Å². The SMILES string of the molecule is C[C@H]1C[C@H](OC[C@H](O)C[NH3+])CC(C)(C)C1. The zero-order valence-corrected chi connectivity index (χ0v) is 10.3. The summed E-state index contributed by atoms with van der Waals surface area (Å²) in [5.74, 6) is 0.732. The fraction of sp³-hybridized carbons (Fsp3) is 1.00. The zero-order valence-electron chi connectivity index (χ0n) is 10.3. The third-order valence-corrected chi connectivity index (χ3v) is 3.20. The molecule has 0 bridgehead atoms. The van der Waals surface area contributed by atoms with Gasteiger partial charge in [0.1, 0.15) is 12.6 Å². The summed E-state index contributed by atoms with van der Waals surface area (Å²) >= 11 is 0. The maximum Gasteiger partial charge on any atom is 0.126 e. The Morgan fingerprint density at radius 3 is 2.67 bits per heavy atom. The van der Waals surface area contributed by atoms with Crippen LogP contribution >= 0.6 is 0 Å². The molecule has 1 saturated carbocycles. The average Bonchev–Trinajstić information content (AvgIpc) is 2.11. The van der Waals surface area contributed by atoms with Crippen molar-refractivity contribution in [3.8, 4) is 0 Å². The van der Waals surface area contributed by atoms with Gasteiger partial charge < -0.3 is 15.6 Å². The van der Waals surface area contributed by atoms with Gasteiger partial charge in [0.2, 0.25) is 0 Å². The van der Waals surface area contributed by atoms with Crippen molar-refractivity contribution >= 4 is 0 Å². The molecule has 3 atom stereocenters. The molecule has 15 heavy (non-hydrogen) atoms. The first kappa shape index (κ1) is 12.9. The first-order valence-electron chi connectivity index (χ1n) is 6.02. The Bertz CT molecular complexity index is 194. The molecule has 0 aliphatic heterocycles. The summed E-state index contributed by atoms with van der Waals surface area (Å²) in [6.07, 6.45) is 3.45. The van der Waals surface area contributed by atoms with Crippen molar-refractivity contribution in [3.63, 3.8) is 0 Å². The van der Waals surface area contributed by atoms with Gasteiger partial charge in [-0.3, -0.25) is 0 Å². The van der Waals surface area contributed by atoms with Crippen molar-refractivity contribution in [3.05, 3.63) is 0 Å². The van der Waals surface area contributed by atoms with Crippen LogP contribution in [0.2, 0.25) is 0 Å². The van der Waals surface area contributed by atoms with Crippen molar-refractivity contribution in [2.24, 2.45) is 11.3 Å². The largest absolute Gasteiger partial charge is 0.385 e. The maximum atomic E-state index is 9.40. The van der Waals surface area contributed by atoms with Gasteiger partial charge in [-0.05, 0) is 30.6 Å². The van der Waals surface area contributed by atoms with Crippen LogP contribution in [-0.2, 0) is 4.74 Å². The molecule has 3 nitrogen and oxygen atoms in total. The van der Waals surface area contributed by atoms with Crippen molar-refractivity contribution in [2.45, 2.75) is 52.2 Å². The Balaban J connectivity index is 2.35. The van der Waals surface area contributed by atoms with E-state index in [-0.39, 0.29) is 0 Å². The minimum Gasteiger partial charge on any atom is -0.385 e. The van der Waals surface area contributed by atoms with E-state index in [9.17, 15) is 5.11 Å². The highest BCUT2D eigenvalue weighted by atomic mass is 16.5. The summed E-state index contributed by atoms with van der Waals surface area (Å²) in [6, 6.07) is 0. The molecule has 0 unspecified atom stereocenters. The molecule has 0 aromatic carbocycles. The van der Waals surface area contributed by atoms with Crippen LogP contribution in [0.25, 0.3) is 0 Å². The lowest BCUT2D eigenvalue weighted by molar-refractivity contribution is -0.386. The fourth-order valence-corrected chi connectivity index (χ4v) is 2.72. The summed E-state index contributed by atoms with van der Waals surface area (Å²) in [6.45, 7) is 7.87. The molecule has 4 N–H and O–H groups in total. The van der Waals surface area contributed by atoms with Gasteiger partial charge >= 0.3 is 0 Å². The predicted octanol–water partition coefficient (Wildman–Crippen LogP) is 0.821. The number of hydrogen-bond acceptors (Lipinski definition) is 2. The van der Waals surface area contributed by atoms with Gasteiger partial charge in [-0.2, -0.15) is 0 Å². The molecule has 3 heteroatoms. The van der Waals surface area contributed by atoms with Crippen molar-refractivity contribution in [1.29, 1.82) is 0 Å². The molecule has 0 aromatic heterocycles. The molecule has 90 valence electrons. The van der Waals surface area contributed by atoms with Crippen LogP contribution in [0.15, 0.2) is 0 Å². The van der Waals surface area contributed by atoms with Crippen LogP contribution < -0.4 is 5.73 Å². The lowest BCUT2D eigenvalue weighted by atomic mass is 9.71. The van der Waals surface area contributed by atoms with E-state index in [1.54, 1.807) is 0 Å². The average molecular weight is 216 g/mol. The van der Waals surface area contributed by atoms with Crippen LogP contribution in [0, 0.1) is 11.3 Å². The number of hydrogen-bond donors (Lipinski definition) is 2. The smallest absolute Gasteiger partial charge is 0.126 e. The fourth-order valence-electron chi connectivity index (χ4n) is 2.72. The zero-order chi connectivity index (χ0) is 11.5. The van der Waals surface area contributed by atoms with E-state index < -0.39 is 6.10 Å². The van der Waals surface area contributed by atoms with Crippen LogP contribution in [0.3, 0.4) is 0 Å².